The van der Waals surface area contributed by atoms with E-state index < -0.39 is 5.92 Å². The Bertz CT molecular complexity index is 636. The summed E-state index contributed by atoms with van der Waals surface area (Å²) in [7, 11) is 0. The van der Waals surface area contributed by atoms with Gasteiger partial charge in [-0.25, -0.2) is 0 Å². The minimum atomic E-state index is -0.473. The summed E-state index contributed by atoms with van der Waals surface area (Å²) in [5.41, 5.74) is 1.88. The van der Waals surface area contributed by atoms with Crippen molar-refractivity contribution in [2.75, 3.05) is 0 Å². The highest BCUT2D eigenvalue weighted by Gasteiger charge is 2.18. The predicted octanol–water partition coefficient (Wildman–Crippen LogP) is 3.87. The Morgan fingerprint density at radius 2 is 1.67 bits per heavy atom. The van der Waals surface area contributed by atoms with E-state index in [4.69, 9.17) is 16.9 Å². The van der Waals surface area contributed by atoms with Gasteiger partial charge in [0.25, 0.3) is 0 Å². The molecule has 0 saturated carbocycles. The maximum atomic E-state index is 9.34. The molecule has 0 bridgehead atoms. The van der Waals surface area contributed by atoms with Gasteiger partial charge in [-0.3, -0.25) is 0 Å². The van der Waals surface area contributed by atoms with Crippen LogP contribution in [0.15, 0.2) is 48.5 Å². The quantitative estimate of drug-likeness (QED) is 0.815. The normalized spacial score (nSPS) is 11.3. The monoisotopic (exact) mass is 252 g/mol. The molecule has 86 valence electrons. The third kappa shape index (κ3) is 2.20. The van der Waals surface area contributed by atoms with Crippen LogP contribution in [0.25, 0.3) is 0 Å². The zero-order valence-corrected chi connectivity index (χ0v) is 10.2. The molecule has 0 fully saturated rings. The molecule has 0 aliphatic carbocycles. The Balaban J connectivity index is 2.58. The van der Waals surface area contributed by atoms with Gasteiger partial charge in [0.1, 0.15) is 6.07 Å². The lowest BCUT2D eigenvalue weighted by atomic mass is 9.89. The van der Waals surface area contributed by atoms with Crippen LogP contribution in [0.2, 0.25) is 5.02 Å². The van der Waals surface area contributed by atoms with Crippen molar-refractivity contribution >= 4 is 11.6 Å². The van der Waals surface area contributed by atoms with Crippen LogP contribution in [0.1, 0.15) is 22.6 Å². The Morgan fingerprint density at radius 3 is 2.28 bits per heavy atom. The van der Waals surface area contributed by atoms with Gasteiger partial charge < -0.3 is 0 Å². The summed E-state index contributed by atoms with van der Waals surface area (Å²) in [6.45, 7) is 0. The molecule has 2 nitrogen and oxygen atoms in total. The molecule has 0 aromatic heterocycles. The molecule has 0 unspecified atom stereocenters. The first-order valence-corrected chi connectivity index (χ1v) is 5.78. The molecule has 18 heavy (non-hydrogen) atoms. The third-order valence-corrected chi connectivity index (χ3v) is 3.05. The van der Waals surface area contributed by atoms with Gasteiger partial charge in [-0.15, -0.1) is 0 Å². The number of hydrogen-bond donors (Lipinski definition) is 0. The highest BCUT2D eigenvalue weighted by atomic mass is 35.5. The topological polar surface area (TPSA) is 47.6 Å². The molecule has 0 N–H and O–H groups in total. The predicted molar refractivity (Wildman–Crippen MR) is 70.1 cm³/mol. The van der Waals surface area contributed by atoms with E-state index in [1.54, 1.807) is 18.2 Å². The number of halogens is 1. The molecular weight excluding hydrogens is 244 g/mol. The van der Waals surface area contributed by atoms with E-state index in [0.29, 0.717) is 16.1 Å². The van der Waals surface area contributed by atoms with Crippen molar-refractivity contribution in [2.24, 2.45) is 0 Å². The van der Waals surface area contributed by atoms with Crippen molar-refractivity contribution in [3.8, 4) is 12.1 Å². The van der Waals surface area contributed by atoms with Crippen LogP contribution in [0, 0.1) is 22.7 Å². The van der Waals surface area contributed by atoms with Gasteiger partial charge in [0.15, 0.2) is 0 Å². The minimum Gasteiger partial charge on any atom is -0.197 e. The molecule has 0 amide bonds. The van der Waals surface area contributed by atoms with Crippen molar-refractivity contribution in [2.45, 2.75) is 5.92 Å². The first-order valence-electron chi connectivity index (χ1n) is 5.41. The molecule has 3 heteroatoms. The lowest BCUT2D eigenvalue weighted by molar-refractivity contribution is 1.03. The second-order valence-corrected chi connectivity index (χ2v) is 4.20. The fraction of sp³-hybridized carbons (Fsp3) is 0.0667. The van der Waals surface area contributed by atoms with E-state index in [1.165, 1.54) is 0 Å². The van der Waals surface area contributed by atoms with Crippen LogP contribution < -0.4 is 0 Å². The number of rotatable bonds is 2. The summed E-state index contributed by atoms with van der Waals surface area (Å²) >= 11 is 5.99. The summed E-state index contributed by atoms with van der Waals surface area (Å²) in [6.07, 6.45) is 0. The van der Waals surface area contributed by atoms with Gasteiger partial charge in [-0.2, -0.15) is 10.5 Å². The van der Waals surface area contributed by atoms with E-state index >= 15 is 0 Å². The Kier molecular flexibility index (Phi) is 3.63. The van der Waals surface area contributed by atoms with Gasteiger partial charge >= 0.3 is 0 Å². The van der Waals surface area contributed by atoms with Gasteiger partial charge in [0, 0.05) is 0 Å². The fourth-order valence-corrected chi connectivity index (χ4v) is 2.09. The summed E-state index contributed by atoms with van der Waals surface area (Å²) in [5, 5.41) is 18.9. The Hall–Kier alpha value is -2.29. The lowest BCUT2D eigenvalue weighted by Gasteiger charge is -2.12. The molecule has 2 rings (SSSR count). The maximum absolute atomic E-state index is 9.34. The SMILES string of the molecule is N#Cc1c(Cl)cccc1[C@H](C#N)c1ccccc1. The van der Waals surface area contributed by atoms with Gasteiger partial charge in [-0.1, -0.05) is 54.1 Å². The van der Waals surface area contributed by atoms with Crippen molar-refractivity contribution in [1.29, 1.82) is 10.5 Å². The van der Waals surface area contributed by atoms with Crippen LogP contribution in [-0.4, -0.2) is 0 Å². The highest BCUT2D eigenvalue weighted by Crippen LogP contribution is 2.30. The van der Waals surface area contributed by atoms with E-state index in [2.05, 4.69) is 12.1 Å². The lowest BCUT2D eigenvalue weighted by Crippen LogP contribution is -2.01. The Morgan fingerprint density at radius 1 is 0.944 bits per heavy atom. The first-order chi connectivity index (χ1) is 8.77. The zero-order chi connectivity index (χ0) is 13.0. The standard InChI is InChI=1S/C15H9ClN2/c16-15-8-4-7-12(14(15)10-18)13(9-17)11-5-2-1-3-6-11/h1-8,13H/t13-/m1/s1. The maximum Gasteiger partial charge on any atom is 0.101 e. The third-order valence-electron chi connectivity index (χ3n) is 2.73. The number of benzene rings is 2. The number of nitriles is 2. The van der Waals surface area contributed by atoms with Gasteiger partial charge in [0.2, 0.25) is 0 Å². The average molecular weight is 253 g/mol. The molecule has 0 heterocycles. The summed E-state index contributed by atoms with van der Waals surface area (Å²) in [5.74, 6) is -0.473. The molecule has 0 aliphatic rings. The summed E-state index contributed by atoms with van der Waals surface area (Å²) in [4.78, 5) is 0. The highest BCUT2D eigenvalue weighted by molar-refractivity contribution is 6.31. The van der Waals surface area contributed by atoms with Crippen molar-refractivity contribution in [3.05, 3.63) is 70.2 Å². The van der Waals surface area contributed by atoms with E-state index in [-0.39, 0.29) is 0 Å². The molecule has 0 spiro atoms. The van der Waals surface area contributed by atoms with Crippen LogP contribution in [0.3, 0.4) is 0 Å². The average Bonchev–Trinajstić information content (AvgIpc) is 2.41. The van der Waals surface area contributed by atoms with E-state index in [1.807, 2.05) is 30.3 Å². The van der Waals surface area contributed by atoms with Crippen LogP contribution in [0.4, 0.5) is 0 Å². The van der Waals surface area contributed by atoms with E-state index in [0.717, 1.165) is 5.56 Å². The Labute approximate surface area is 111 Å². The fourth-order valence-electron chi connectivity index (χ4n) is 1.87. The largest absolute Gasteiger partial charge is 0.197 e. The van der Waals surface area contributed by atoms with Crippen molar-refractivity contribution < 1.29 is 0 Å². The second kappa shape index (κ2) is 5.36. The minimum absolute atomic E-state index is 0.370. The smallest absolute Gasteiger partial charge is 0.101 e. The van der Waals surface area contributed by atoms with Crippen molar-refractivity contribution in [1.82, 2.24) is 0 Å². The molecule has 2 aromatic carbocycles. The zero-order valence-electron chi connectivity index (χ0n) is 9.47. The van der Waals surface area contributed by atoms with Gasteiger partial charge in [0.05, 0.1) is 22.6 Å². The van der Waals surface area contributed by atoms with Gasteiger partial charge in [-0.05, 0) is 17.2 Å². The summed E-state index contributed by atoms with van der Waals surface area (Å²) in [6, 6.07) is 18.8. The van der Waals surface area contributed by atoms with Crippen LogP contribution in [-0.2, 0) is 0 Å². The molecule has 1 atom stereocenters. The first kappa shape index (κ1) is 12.2. The van der Waals surface area contributed by atoms with Crippen molar-refractivity contribution in [3.63, 3.8) is 0 Å². The molecule has 0 aliphatic heterocycles. The second-order valence-electron chi connectivity index (χ2n) is 3.79. The number of hydrogen-bond acceptors (Lipinski definition) is 2. The molecule has 2 aromatic rings. The molecule has 0 saturated heterocycles. The summed E-state index contributed by atoms with van der Waals surface area (Å²) < 4.78 is 0. The molecular formula is C15H9ClN2. The van der Waals surface area contributed by atoms with Crippen LogP contribution >= 0.6 is 11.6 Å². The van der Waals surface area contributed by atoms with Crippen LogP contribution in [0.5, 0.6) is 0 Å². The molecule has 0 radical (unpaired) electrons. The number of nitrogens with zero attached hydrogens (tertiary/aromatic N) is 2. The van der Waals surface area contributed by atoms with E-state index in [9.17, 15) is 5.26 Å².